The third-order valence-electron chi connectivity index (χ3n) is 3.69. The summed E-state index contributed by atoms with van der Waals surface area (Å²) in [4.78, 5) is 4.44. The van der Waals surface area contributed by atoms with E-state index in [9.17, 15) is 4.39 Å². The first kappa shape index (κ1) is 13.7. The van der Waals surface area contributed by atoms with Crippen molar-refractivity contribution in [1.29, 1.82) is 0 Å². The van der Waals surface area contributed by atoms with Crippen LogP contribution in [0.15, 0.2) is 54.7 Å². The topological polar surface area (TPSA) is 50.9 Å². The number of nitrogens with one attached hydrogen (secondary N) is 1. The van der Waals surface area contributed by atoms with E-state index in [1.165, 1.54) is 12.1 Å². The second kappa shape index (κ2) is 5.60. The van der Waals surface area contributed by atoms with E-state index in [1.54, 1.807) is 12.3 Å². The number of hydrogen-bond acceptors (Lipinski definition) is 3. The van der Waals surface area contributed by atoms with E-state index in [2.05, 4.69) is 10.4 Å². The number of fused-ring (bicyclic) bond motifs is 1. The van der Waals surface area contributed by atoms with Gasteiger partial charge in [-0.15, -0.1) is 0 Å². The summed E-state index contributed by atoms with van der Waals surface area (Å²) in [6.45, 7) is 1.94. The van der Waals surface area contributed by atoms with Crippen LogP contribution in [0.2, 0.25) is 0 Å². The van der Waals surface area contributed by atoms with Gasteiger partial charge in [0.1, 0.15) is 5.82 Å². The van der Waals surface area contributed by atoms with E-state index in [0.717, 1.165) is 27.6 Å². The minimum atomic E-state index is -0.306. The van der Waals surface area contributed by atoms with Gasteiger partial charge < -0.3 is 0 Å². The maximum atomic E-state index is 13.6. The lowest BCUT2D eigenvalue weighted by atomic mass is 9.93. The SMILES string of the molecule is Cc1ccc(F)cc1C(NN)c1cccc2cccnc12. The van der Waals surface area contributed by atoms with Crippen molar-refractivity contribution in [1.82, 2.24) is 10.4 Å². The fourth-order valence-electron chi connectivity index (χ4n) is 2.63. The molecule has 0 amide bonds. The number of aromatic nitrogens is 1. The average molecular weight is 281 g/mol. The molecule has 1 aromatic heterocycles. The molecule has 0 aliphatic rings. The summed E-state index contributed by atoms with van der Waals surface area (Å²) in [7, 11) is 0. The van der Waals surface area contributed by atoms with E-state index in [-0.39, 0.29) is 11.9 Å². The van der Waals surface area contributed by atoms with Crippen molar-refractivity contribution in [3.05, 3.63) is 77.2 Å². The number of rotatable bonds is 3. The van der Waals surface area contributed by atoms with Crippen LogP contribution in [0, 0.1) is 12.7 Å². The minimum absolute atomic E-state index is 0.274. The van der Waals surface area contributed by atoms with Crippen LogP contribution in [0.3, 0.4) is 0 Å². The maximum Gasteiger partial charge on any atom is 0.123 e. The Hall–Kier alpha value is -2.30. The molecule has 3 rings (SSSR count). The van der Waals surface area contributed by atoms with Crippen molar-refractivity contribution in [3.63, 3.8) is 0 Å². The number of pyridine rings is 1. The third-order valence-corrected chi connectivity index (χ3v) is 3.69. The highest BCUT2D eigenvalue weighted by atomic mass is 19.1. The largest absolute Gasteiger partial charge is 0.271 e. The Morgan fingerprint density at radius 1 is 1.10 bits per heavy atom. The first-order valence-corrected chi connectivity index (χ1v) is 6.76. The molecule has 0 bridgehead atoms. The van der Waals surface area contributed by atoms with Gasteiger partial charge in [-0.1, -0.05) is 30.3 Å². The molecule has 1 unspecified atom stereocenters. The Kier molecular flexibility index (Phi) is 3.64. The molecule has 21 heavy (non-hydrogen) atoms. The molecule has 1 heterocycles. The summed E-state index contributed by atoms with van der Waals surface area (Å²) in [6, 6.07) is 14.2. The van der Waals surface area contributed by atoms with Gasteiger partial charge in [0.15, 0.2) is 0 Å². The van der Waals surface area contributed by atoms with E-state index < -0.39 is 0 Å². The van der Waals surface area contributed by atoms with Crippen LogP contribution in [-0.4, -0.2) is 4.98 Å². The zero-order valence-electron chi connectivity index (χ0n) is 11.7. The van der Waals surface area contributed by atoms with Crippen LogP contribution >= 0.6 is 0 Å². The zero-order chi connectivity index (χ0) is 14.8. The molecule has 3 N–H and O–H groups in total. The predicted molar refractivity (Wildman–Crippen MR) is 82.0 cm³/mol. The molecule has 3 aromatic rings. The lowest BCUT2D eigenvalue weighted by molar-refractivity contribution is 0.604. The molecule has 1 atom stereocenters. The van der Waals surface area contributed by atoms with E-state index in [1.807, 2.05) is 37.3 Å². The fourth-order valence-corrected chi connectivity index (χ4v) is 2.63. The Labute approximate surface area is 122 Å². The maximum absolute atomic E-state index is 13.6. The van der Waals surface area contributed by atoms with Gasteiger partial charge in [-0.25, -0.2) is 9.82 Å². The van der Waals surface area contributed by atoms with E-state index in [0.29, 0.717) is 0 Å². The van der Waals surface area contributed by atoms with Gasteiger partial charge in [0, 0.05) is 17.1 Å². The van der Waals surface area contributed by atoms with E-state index >= 15 is 0 Å². The number of para-hydroxylation sites is 1. The zero-order valence-corrected chi connectivity index (χ0v) is 11.7. The molecule has 0 aliphatic carbocycles. The van der Waals surface area contributed by atoms with E-state index in [4.69, 9.17) is 5.84 Å². The van der Waals surface area contributed by atoms with Gasteiger partial charge in [0.2, 0.25) is 0 Å². The number of nitrogens with zero attached hydrogens (tertiary/aromatic N) is 1. The lowest BCUT2D eigenvalue weighted by Gasteiger charge is -2.20. The predicted octanol–water partition coefficient (Wildman–Crippen LogP) is 3.24. The van der Waals surface area contributed by atoms with Crippen LogP contribution in [0.1, 0.15) is 22.7 Å². The Morgan fingerprint density at radius 2 is 1.90 bits per heavy atom. The monoisotopic (exact) mass is 281 g/mol. The van der Waals surface area contributed by atoms with Gasteiger partial charge in [0.05, 0.1) is 11.6 Å². The van der Waals surface area contributed by atoms with Gasteiger partial charge in [-0.05, 0) is 36.2 Å². The molecule has 0 saturated heterocycles. The molecular formula is C17H16FN3. The van der Waals surface area contributed by atoms with Crippen molar-refractivity contribution in [2.45, 2.75) is 13.0 Å². The molecular weight excluding hydrogens is 265 g/mol. The van der Waals surface area contributed by atoms with Crippen LogP contribution in [-0.2, 0) is 0 Å². The summed E-state index contributed by atoms with van der Waals surface area (Å²) in [6.07, 6.45) is 1.75. The van der Waals surface area contributed by atoms with Crippen LogP contribution in [0.5, 0.6) is 0 Å². The summed E-state index contributed by atoms with van der Waals surface area (Å²) >= 11 is 0. The van der Waals surface area contributed by atoms with Gasteiger partial charge >= 0.3 is 0 Å². The smallest absolute Gasteiger partial charge is 0.123 e. The molecule has 0 aliphatic heterocycles. The number of nitrogens with two attached hydrogens (primary N) is 1. The molecule has 4 heteroatoms. The van der Waals surface area contributed by atoms with Gasteiger partial charge in [0.25, 0.3) is 0 Å². The Morgan fingerprint density at radius 3 is 2.71 bits per heavy atom. The molecule has 0 radical (unpaired) electrons. The number of halogens is 1. The van der Waals surface area contributed by atoms with Crippen molar-refractivity contribution in [2.75, 3.05) is 0 Å². The number of aryl methyl sites for hydroxylation is 1. The van der Waals surface area contributed by atoms with Gasteiger partial charge in [-0.2, -0.15) is 0 Å². The first-order valence-electron chi connectivity index (χ1n) is 6.76. The normalized spacial score (nSPS) is 12.5. The molecule has 0 saturated carbocycles. The lowest BCUT2D eigenvalue weighted by Crippen LogP contribution is -2.29. The highest BCUT2D eigenvalue weighted by Gasteiger charge is 2.18. The summed E-state index contributed by atoms with van der Waals surface area (Å²) in [5.74, 6) is 5.47. The summed E-state index contributed by atoms with van der Waals surface area (Å²) in [5.41, 5.74) is 6.38. The third kappa shape index (κ3) is 2.51. The minimum Gasteiger partial charge on any atom is -0.271 e. The Bertz CT molecular complexity index is 781. The van der Waals surface area contributed by atoms with Crippen molar-refractivity contribution >= 4 is 10.9 Å². The number of benzene rings is 2. The van der Waals surface area contributed by atoms with Gasteiger partial charge in [-0.3, -0.25) is 10.8 Å². The van der Waals surface area contributed by atoms with Crippen LogP contribution in [0.25, 0.3) is 10.9 Å². The highest BCUT2D eigenvalue weighted by Crippen LogP contribution is 2.29. The molecule has 2 aromatic carbocycles. The average Bonchev–Trinajstić information content (AvgIpc) is 2.51. The summed E-state index contributed by atoms with van der Waals surface area (Å²) < 4.78 is 13.6. The molecule has 3 nitrogen and oxygen atoms in total. The number of hydrogen-bond donors (Lipinski definition) is 2. The molecule has 0 spiro atoms. The molecule has 0 fully saturated rings. The van der Waals surface area contributed by atoms with Crippen LogP contribution < -0.4 is 11.3 Å². The standard InChI is InChI=1S/C17H16FN3/c1-11-7-8-13(18)10-15(11)17(21-19)14-6-2-4-12-5-3-9-20-16(12)14/h2-10,17,21H,19H2,1H3. The Balaban J connectivity index is 2.21. The van der Waals surface area contributed by atoms with Crippen LogP contribution in [0.4, 0.5) is 4.39 Å². The van der Waals surface area contributed by atoms with Crippen molar-refractivity contribution < 1.29 is 4.39 Å². The second-order valence-electron chi connectivity index (χ2n) is 5.02. The second-order valence-corrected chi connectivity index (χ2v) is 5.02. The van der Waals surface area contributed by atoms with Crippen molar-refractivity contribution in [2.24, 2.45) is 5.84 Å². The number of hydrazine groups is 1. The highest BCUT2D eigenvalue weighted by molar-refractivity contribution is 5.82. The fraction of sp³-hybridized carbons (Fsp3) is 0.118. The first-order chi connectivity index (χ1) is 10.2. The summed E-state index contributed by atoms with van der Waals surface area (Å²) in [5, 5.41) is 1.03. The quantitative estimate of drug-likeness (QED) is 0.572. The molecule has 106 valence electrons. The van der Waals surface area contributed by atoms with Crippen molar-refractivity contribution in [3.8, 4) is 0 Å².